The van der Waals surface area contributed by atoms with Crippen LogP contribution in [-0.2, 0) is 5.88 Å². The van der Waals surface area contributed by atoms with E-state index in [1.165, 1.54) is 0 Å². The van der Waals surface area contributed by atoms with Crippen LogP contribution in [0.3, 0.4) is 0 Å². The maximum atomic E-state index is 12.3. The van der Waals surface area contributed by atoms with Crippen molar-refractivity contribution in [2.75, 3.05) is 0 Å². The van der Waals surface area contributed by atoms with Crippen molar-refractivity contribution < 1.29 is 8.78 Å². The lowest BCUT2D eigenvalue weighted by Crippen LogP contribution is -2.15. The zero-order chi connectivity index (χ0) is 10.0. The van der Waals surface area contributed by atoms with Crippen LogP contribution in [-0.4, -0.2) is 4.98 Å². The van der Waals surface area contributed by atoms with Crippen LogP contribution in [0.15, 0.2) is 11.0 Å². The second-order valence-electron chi connectivity index (χ2n) is 2.29. The highest BCUT2D eigenvalue weighted by Gasteiger charge is 2.19. The molecule has 72 valence electrons. The molecule has 0 fully saturated rings. The Hall–Kier alpha value is -0.610. The molecule has 0 amide bonds. The van der Waals surface area contributed by atoms with Crippen molar-refractivity contribution in [3.63, 3.8) is 0 Å². The molecular weight excluding hydrogens is 223 g/mol. The van der Waals surface area contributed by atoms with Gasteiger partial charge in [0, 0.05) is 17.6 Å². The molecule has 1 aromatic rings. The van der Waals surface area contributed by atoms with Crippen molar-refractivity contribution in [2.24, 2.45) is 0 Å². The summed E-state index contributed by atoms with van der Waals surface area (Å²) in [5, 5.41) is 0.0462. The molecule has 6 heteroatoms. The van der Waals surface area contributed by atoms with Gasteiger partial charge in [-0.1, -0.05) is 11.6 Å². The van der Waals surface area contributed by atoms with Gasteiger partial charge in [0.15, 0.2) is 0 Å². The minimum Gasteiger partial charge on any atom is -0.327 e. The van der Waals surface area contributed by atoms with Gasteiger partial charge in [0.25, 0.3) is 12.0 Å². The second kappa shape index (κ2) is 4.07. The van der Waals surface area contributed by atoms with Crippen LogP contribution in [0.4, 0.5) is 8.78 Å². The summed E-state index contributed by atoms with van der Waals surface area (Å²) in [7, 11) is 0. The van der Waals surface area contributed by atoms with Crippen LogP contribution in [0.25, 0.3) is 0 Å². The lowest BCUT2D eigenvalue weighted by molar-refractivity contribution is 0.148. The summed E-state index contributed by atoms with van der Waals surface area (Å²) in [4.78, 5) is 13.0. The number of rotatable bonds is 2. The van der Waals surface area contributed by atoms with E-state index >= 15 is 0 Å². The lowest BCUT2D eigenvalue weighted by atomic mass is 10.1. The number of aromatic nitrogens is 1. The maximum absolute atomic E-state index is 12.3. The van der Waals surface area contributed by atoms with Gasteiger partial charge in [0.05, 0.1) is 10.6 Å². The normalized spacial score (nSPS) is 10.8. The Kier molecular flexibility index (Phi) is 3.27. The zero-order valence-electron chi connectivity index (χ0n) is 6.28. The van der Waals surface area contributed by atoms with Crippen molar-refractivity contribution >= 4 is 23.2 Å². The van der Waals surface area contributed by atoms with E-state index in [1.54, 1.807) is 0 Å². The molecule has 13 heavy (non-hydrogen) atoms. The SMILES string of the molecule is O=c1[nH]cc(Cl)c(CCl)c1C(F)F. The Labute approximate surface area is 82.5 Å². The number of alkyl halides is 3. The largest absolute Gasteiger partial charge is 0.327 e. The van der Waals surface area contributed by atoms with E-state index in [0.717, 1.165) is 6.20 Å². The van der Waals surface area contributed by atoms with Gasteiger partial charge in [-0.3, -0.25) is 4.79 Å². The zero-order valence-corrected chi connectivity index (χ0v) is 7.79. The number of aromatic amines is 1. The van der Waals surface area contributed by atoms with E-state index in [-0.39, 0.29) is 16.5 Å². The summed E-state index contributed by atoms with van der Waals surface area (Å²) in [6, 6.07) is 0. The van der Waals surface area contributed by atoms with Gasteiger partial charge in [-0.05, 0) is 0 Å². The number of hydrogen-bond donors (Lipinski definition) is 1. The summed E-state index contributed by atoms with van der Waals surface area (Å²) in [5.74, 6) is -0.206. The maximum Gasteiger partial charge on any atom is 0.269 e. The number of H-pyrrole nitrogens is 1. The predicted molar refractivity (Wildman–Crippen MR) is 46.6 cm³/mol. The fourth-order valence-electron chi connectivity index (χ4n) is 0.926. The van der Waals surface area contributed by atoms with Crippen LogP contribution < -0.4 is 5.56 Å². The summed E-state index contributed by atoms with van der Waals surface area (Å²) in [6.45, 7) is 0. The molecule has 0 spiro atoms. The minimum atomic E-state index is -2.86. The molecule has 0 aromatic carbocycles. The number of nitrogens with one attached hydrogen (secondary N) is 1. The smallest absolute Gasteiger partial charge is 0.269 e. The molecule has 1 aromatic heterocycles. The molecule has 1 rings (SSSR count). The Bertz CT molecular complexity index is 364. The van der Waals surface area contributed by atoms with Crippen molar-refractivity contribution in [2.45, 2.75) is 12.3 Å². The van der Waals surface area contributed by atoms with Crippen molar-refractivity contribution in [1.29, 1.82) is 0 Å². The third-order valence-corrected chi connectivity index (χ3v) is 2.14. The Morgan fingerprint density at radius 1 is 1.54 bits per heavy atom. The third kappa shape index (κ3) is 2.00. The fraction of sp³-hybridized carbons (Fsp3) is 0.286. The molecule has 1 heterocycles. The van der Waals surface area contributed by atoms with Gasteiger partial charge in [0.1, 0.15) is 0 Å². The summed E-state index contributed by atoms with van der Waals surface area (Å²) >= 11 is 10.9. The molecule has 0 bridgehead atoms. The van der Waals surface area contributed by atoms with Gasteiger partial charge in [0.2, 0.25) is 0 Å². The van der Waals surface area contributed by atoms with Crippen molar-refractivity contribution in [3.05, 3.63) is 32.7 Å². The van der Waals surface area contributed by atoms with E-state index in [9.17, 15) is 13.6 Å². The highest BCUT2D eigenvalue weighted by Crippen LogP contribution is 2.25. The molecule has 0 unspecified atom stereocenters. The predicted octanol–water partition coefficient (Wildman–Crippen LogP) is 2.70. The average molecular weight is 228 g/mol. The average Bonchev–Trinajstić information content (AvgIpc) is 2.07. The summed E-state index contributed by atoms with van der Waals surface area (Å²) in [5.41, 5.74) is -1.51. The molecule has 1 N–H and O–H groups in total. The fourth-order valence-corrected chi connectivity index (χ4v) is 1.51. The van der Waals surface area contributed by atoms with Crippen molar-refractivity contribution in [3.8, 4) is 0 Å². The topological polar surface area (TPSA) is 32.9 Å². The quantitative estimate of drug-likeness (QED) is 0.775. The molecule has 0 aliphatic heterocycles. The van der Waals surface area contributed by atoms with Crippen LogP contribution in [0.2, 0.25) is 5.02 Å². The first-order chi connectivity index (χ1) is 6.07. The van der Waals surface area contributed by atoms with Crippen LogP contribution in [0, 0.1) is 0 Å². The highest BCUT2D eigenvalue weighted by molar-refractivity contribution is 6.32. The number of pyridine rings is 1. The van der Waals surface area contributed by atoms with Gasteiger partial charge in [-0.25, -0.2) is 8.78 Å². The molecule has 2 nitrogen and oxygen atoms in total. The summed E-state index contributed by atoms with van der Waals surface area (Å²) < 4.78 is 24.6. The van der Waals surface area contributed by atoms with E-state index in [1.807, 2.05) is 0 Å². The van der Waals surface area contributed by atoms with Gasteiger partial charge in [-0.15, -0.1) is 11.6 Å². The summed E-state index contributed by atoms with van der Waals surface area (Å²) in [6.07, 6.45) is -1.72. The molecule has 0 aliphatic carbocycles. The monoisotopic (exact) mass is 227 g/mol. The van der Waals surface area contributed by atoms with Crippen molar-refractivity contribution in [1.82, 2.24) is 4.98 Å². The van der Waals surface area contributed by atoms with E-state index in [4.69, 9.17) is 23.2 Å². The number of halogens is 4. The first kappa shape index (κ1) is 10.5. The molecule has 0 saturated heterocycles. The van der Waals surface area contributed by atoms with Gasteiger partial charge >= 0.3 is 0 Å². The van der Waals surface area contributed by atoms with Gasteiger partial charge < -0.3 is 4.98 Å². The van der Waals surface area contributed by atoms with Crippen LogP contribution in [0.1, 0.15) is 17.6 Å². The minimum absolute atomic E-state index is 0.0120. The molecule has 0 aliphatic rings. The number of hydrogen-bond acceptors (Lipinski definition) is 1. The van der Waals surface area contributed by atoms with E-state index in [2.05, 4.69) is 4.98 Å². The first-order valence-electron chi connectivity index (χ1n) is 3.32. The van der Waals surface area contributed by atoms with Gasteiger partial charge in [-0.2, -0.15) is 0 Å². The molecule has 0 saturated carbocycles. The lowest BCUT2D eigenvalue weighted by Gasteiger charge is -2.05. The Morgan fingerprint density at radius 3 is 2.54 bits per heavy atom. The molecule has 0 atom stereocenters. The van der Waals surface area contributed by atoms with E-state index in [0.29, 0.717) is 0 Å². The first-order valence-corrected chi connectivity index (χ1v) is 4.23. The molecule has 0 radical (unpaired) electrons. The van der Waals surface area contributed by atoms with Crippen LogP contribution in [0.5, 0.6) is 0 Å². The molecular formula is C7H5Cl2F2NO. The van der Waals surface area contributed by atoms with E-state index < -0.39 is 17.5 Å². The Morgan fingerprint density at radius 2 is 2.15 bits per heavy atom. The Balaban J connectivity index is 3.44. The third-order valence-electron chi connectivity index (χ3n) is 1.54. The standard InChI is InChI=1S/C7H5Cl2F2NO/c8-1-3-4(9)2-12-7(13)5(3)6(10)11/h2,6H,1H2,(H,12,13). The highest BCUT2D eigenvalue weighted by atomic mass is 35.5. The second-order valence-corrected chi connectivity index (χ2v) is 2.97. The van der Waals surface area contributed by atoms with Crippen LogP contribution >= 0.6 is 23.2 Å².